The molecule has 0 radical (unpaired) electrons. The van der Waals surface area contributed by atoms with E-state index in [1.54, 1.807) is 30.3 Å². The summed E-state index contributed by atoms with van der Waals surface area (Å²) < 4.78 is 27.4. The number of hydrogen-bond donors (Lipinski definition) is 3. The predicted molar refractivity (Wildman–Crippen MR) is 129 cm³/mol. The topological polar surface area (TPSA) is 104 Å². The number of amides is 3. The van der Waals surface area contributed by atoms with Crippen LogP contribution in [0.1, 0.15) is 15.9 Å². The third-order valence-corrected chi connectivity index (χ3v) is 6.32. The molecule has 33 heavy (non-hydrogen) atoms. The zero-order valence-corrected chi connectivity index (χ0v) is 18.5. The first-order valence-electron chi connectivity index (χ1n) is 10.1. The maximum absolute atomic E-state index is 12.7. The number of carbonyl (C=O) groups excluding carboxylic acids is 2. The zero-order valence-electron chi connectivity index (χ0n) is 17.7. The second-order valence-corrected chi connectivity index (χ2v) is 9.15. The van der Waals surface area contributed by atoms with Crippen LogP contribution in [0, 0.1) is 6.92 Å². The quantitative estimate of drug-likeness (QED) is 0.394. The van der Waals surface area contributed by atoms with E-state index in [0.29, 0.717) is 11.4 Å². The van der Waals surface area contributed by atoms with E-state index in [2.05, 4.69) is 15.4 Å². The van der Waals surface area contributed by atoms with Gasteiger partial charge in [0.15, 0.2) is 0 Å². The van der Waals surface area contributed by atoms with Crippen molar-refractivity contribution in [3.8, 4) is 0 Å². The number of benzene rings is 4. The summed E-state index contributed by atoms with van der Waals surface area (Å²) in [7, 11) is -4.09. The van der Waals surface area contributed by atoms with Crippen molar-refractivity contribution in [2.75, 3.05) is 10.6 Å². The maximum atomic E-state index is 12.7. The summed E-state index contributed by atoms with van der Waals surface area (Å²) in [6, 6.07) is 24.8. The molecule has 0 spiro atoms. The van der Waals surface area contributed by atoms with Gasteiger partial charge in [0, 0.05) is 16.9 Å². The minimum Gasteiger partial charge on any atom is -0.308 e. The number of anilines is 2. The summed E-state index contributed by atoms with van der Waals surface area (Å²) >= 11 is 0. The second-order valence-electron chi connectivity index (χ2n) is 7.47. The zero-order chi connectivity index (χ0) is 23.4. The summed E-state index contributed by atoms with van der Waals surface area (Å²) in [6.07, 6.45) is 0. The van der Waals surface area contributed by atoms with Crippen LogP contribution in [-0.2, 0) is 10.0 Å². The Morgan fingerprint density at radius 1 is 0.697 bits per heavy atom. The molecule has 0 heterocycles. The minimum atomic E-state index is -4.09. The Hall–Kier alpha value is -4.17. The van der Waals surface area contributed by atoms with Crippen LogP contribution < -0.4 is 15.4 Å². The van der Waals surface area contributed by atoms with Gasteiger partial charge in [-0.2, -0.15) is 0 Å². The Bertz CT molecular complexity index is 1430. The van der Waals surface area contributed by atoms with Gasteiger partial charge in [0.05, 0.1) is 4.90 Å². The summed E-state index contributed by atoms with van der Waals surface area (Å²) in [5.74, 6) is -0.722. The van der Waals surface area contributed by atoms with E-state index in [0.717, 1.165) is 16.3 Å². The summed E-state index contributed by atoms with van der Waals surface area (Å²) in [6.45, 7) is 1.95. The molecule has 0 aliphatic carbocycles. The van der Waals surface area contributed by atoms with Gasteiger partial charge in [-0.25, -0.2) is 17.9 Å². The van der Waals surface area contributed by atoms with E-state index in [1.807, 2.05) is 43.3 Å². The van der Waals surface area contributed by atoms with Gasteiger partial charge < -0.3 is 10.6 Å². The SMILES string of the molecule is Cc1ccc(NC(=O)Nc2ccc(S(=O)(=O)NC(=O)c3ccc4ccccc4c3)cc2)cc1. The number of fused-ring (bicyclic) bond motifs is 1. The highest BCUT2D eigenvalue weighted by molar-refractivity contribution is 7.90. The van der Waals surface area contributed by atoms with Gasteiger partial charge >= 0.3 is 6.03 Å². The molecular formula is C25H21N3O4S. The standard InChI is InChI=1S/C25H21N3O4S/c1-17-6-10-21(11-7-17)26-25(30)27-22-12-14-23(15-13-22)33(31,32)28-24(29)20-9-8-18-4-2-3-5-19(18)16-20/h2-16H,1H3,(H,28,29)(H2,26,27,30). The Morgan fingerprint density at radius 3 is 1.91 bits per heavy atom. The highest BCUT2D eigenvalue weighted by Crippen LogP contribution is 2.18. The van der Waals surface area contributed by atoms with E-state index in [-0.39, 0.29) is 10.5 Å². The molecule has 0 saturated heterocycles. The molecule has 3 N–H and O–H groups in total. The van der Waals surface area contributed by atoms with Crippen molar-refractivity contribution < 1.29 is 18.0 Å². The van der Waals surface area contributed by atoms with Gasteiger partial charge in [0.25, 0.3) is 15.9 Å². The van der Waals surface area contributed by atoms with E-state index in [1.165, 1.54) is 24.3 Å². The van der Waals surface area contributed by atoms with Gasteiger partial charge in [-0.15, -0.1) is 0 Å². The van der Waals surface area contributed by atoms with Gasteiger partial charge in [0.2, 0.25) is 0 Å². The lowest BCUT2D eigenvalue weighted by atomic mass is 10.1. The molecule has 0 unspecified atom stereocenters. The van der Waals surface area contributed by atoms with E-state index < -0.39 is 22.0 Å². The normalized spacial score (nSPS) is 11.1. The number of hydrogen-bond acceptors (Lipinski definition) is 4. The molecule has 0 fully saturated rings. The molecule has 4 rings (SSSR count). The van der Waals surface area contributed by atoms with Crippen LogP contribution in [0.25, 0.3) is 10.8 Å². The van der Waals surface area contributed by atoms with Crippen molar-refractivity contribution in [2.45, 2.75) is 11.8 Å². The molecule has 0 saturated carbocycles. The molecule has 8 heteroatoms. The van der Waals surface area contributed by atoms with Crippen molar-refractivity contribution >= 4 is 44.1 Å². The van der Waals surface area contributed by atoms with Gasteiger partial charge in [-0.1, -0.05) is 48.0 Å². The molecule has 3 amide bonds. The van der Waals surface area contributed by atoms with Crippen LogP contribution in [0.4, 0.5) is 16.2 Å². The number of aryl methyl sites for hydroxylation is 1. The fourth-order valence-corrected chi connectivity index (χ4v) is 4.19. The molecular weight excluding hydrogens is 438 g/mol. The molecule has 166 valence electrons. The third kappa shape index (κ3) is 5.36. The van der Waals surface area contributed by atoms with E-state index in [9.17, 15) is 18.0 Å². The molecule has 0 atom stereocenters. The number of sulfonamides is 1. The lowest BCUT2D eigenvalue weighted by Gasteiger charge is -2.10. The van der Waals surface area contributed by atoms with Crippen LogP contribution in [-0.4, -0.2) is 20.4 Å². The molecule has 4 aromatic rings. The number of rotatable bonds is 5. The lowest BCUT2D eigenvalue weighted by molar-refractivity contribution is 0.0981. The second kappa shape index (κ2) is 9.13. The van der Waals surface area contributed by atoms with Crippen LogP contribution in [0.15, 0.2) is 95.9 Å². The first kappa shape index (κ1) is 22.0. The van der Waals surface area contributed by atoms with Crippen molar-refractivity contribution in [2.24, 2.45) is 0 Å². The smallest absolute Gasteiger partial charge is 0.308 e. The molecule has 4 aromatic carbocycles. The van der Waals surface area contributed by atoms with Crippen molar-refractivity contribution in [1.29, 1.82) is 0 Å². The lowest BCUT2D eigenvalue weighted by Crippen LogP contribution is -2.30. The molecule has 7 nitrogen and oxygen atoms in total. The van der Waals surface area contributed by atoms with Gasteiger partial charge in [-0.05, 0) is 66.2 Å². The van der Waals surface area contributed by atoms with Crippen molar-refractivity contribution in [3.05, 3.63) is 102 Å². The highest BCUT2D eigenvalue weighted by atomic mass is 32.2. The average Bonchev–Trinajstić information content (AvgIpc) is 2.80. The average molecular weight is 460 g/mol. The Morgan fingerprint density at radius 2 is 1.27 bits per heavy atom. The first-order chi connectivity index (χ1) is 15.8. The van der Waals surface area contributed by atoms with Crippen LogP contribution in [0.3, 0.4) is 0 Å². The Kier molecular flexibility index (Phi) is 6.10. The Balaban J connectivity index is 1.41. The predicted octanol–water partition coefficient (Wildman–Crippen LogP) is 4.91. The van der Waals surface area contributed by atoms with E-state index in [4.69, 9.17) is 0 Å². The fourth-order valence-electron chi connectivity index (χ4n) is 3.22. The number of nitrogens with one attached hydrogen (secondary N) is 3. The summed E-state index contributed by atoms with van der Waals surface area (Å²) in [5.41, 5.74) is 2.35. The summed E-state index contributed by atoms with van der Waals surface area (Å²) in [4.78, 5) is 24.6. The number of urea groups is 1. The van der Waals surface area contributed by atoms with Crippen molar-refractivity contribution in [3.63, 3.8) is 0 Å². The van der Waals surface area contributed by atoms with Crippen molar-refractivity contribution in [1.82, 2.24) is 4.72 Å². The fraction of sp³-hybridized carbons (Fsp3) is 0.0400. The molecule has 0 aromatic heterocycles. The molecule has 0 aliphatic rings. The van der Waals surface area contributed by atoms with Crippen LogP contribution in [0.2, 0.25) is 0 Å². The monoisotopic (exact) mass is 459 g/mol. The van der Waals surface area contributed by atoms with Gasteiger partial charge in [-0.3, -0.25) is 4.79 Å². The first-order valence-corrected chi connectivity index (χ1v) is 11.6. The maximum Gasteiger partial charge on any atom is 0.323 e. The van der Waals surface area contributed by atoms with Crippen LogP contribution in [0.5, 0.6) is 0 Å². The third-order valence-electron chi connectivity index (χ3n) is 4.97. The largest absolute Gasteiger partial charge is 0.323 e. The highest BCUT2D eigenvalue weighted by Gasteiger charge is 2.19. The van der Waals surface area contributed by atoms with Crippen LogP contribution >= 0.6 is 0 Å². The Labute approximate surface area is 191 Å². The number of carbonyl (C=O) groups is 2. The van der Waals surface area contributed by atoms with E-state index >= 15 is 0 Å². The van der Waals surface area contributed by atoms with Gasteiger partial charge in [0.1, 0.15) is 0 Å². The summed E-state index contributed by atoms with van der Waals surface area (Å²) in [5, 5.41) is 7.11. The molecule has 0 aliphatic heterocycles. The minimum absolute atomic E-state index is 0.0962. The molecule has 0 bridgehead atoms.